The van der Waals surface area contributed by atoms with E-state index in [1.807, 2.05) is 6.92 Å². The van der Waals surface area contributed by atoms with Crippen LogP contribution in [-0.2, 0) is 9.53 Å². The molecule has 0 spiro atoms. The zero-order chi connectivity index (χ0) is 11.0. The van der Waals surface area contributed by atoms with Crippen LogP contribution in [0.2, 0.25) is 0 Å². The Morgan fingerprint density at radius 1 is 1.50 bits per heavy atom. The van der Waals surface area contributed by atoms with Gasteiger partial charge in [0.05, 0.1) is 19.1 Å². The number of hydrogen-bond acceptors (Lipinski definition) is 4. The summed E-state index contributed by atoms with van der Waals surface area (Å²) in [5, 5.41) is 12.4. The Hall–Kier alpha value is -0.610. The van der Waals surface area contributed by atoms with E-state index < -0.39 is 0 Å². The minimum atomic E-state index is -0.315. The van der Waals surface area contributed by atoms with E-state index in [1.165, 1.54) is 7.11 Å². The Kier molecular flexibility index (Phi) is 7.42. The summed E-state index contributed by atoms with van der Waals surface area (Å²) in [6.07, 6.45) is 1.44. The molecule has 0 heterocycles. The van der Waals surface area contributed by atoms with E-state index in [-0.39, 0.29) is 18.0 Å². The number of ether oxygens (including phenoxy) is 1. The molecule has 0 aromatic carbocycles. The van der Waals surface area contributed by atoms with Crippen LogP contribution in [0.15, 0.2) is 0 Å². The molecule has 2 atom stereocenters. The number of methoxy groups -OCH3 is 1. The van der Waals surface area contributed by atoms with Crippen LogP contribution in [0.1, 0.15) is 26.7 Å². The maximum Gasteiger partial charge on any atom is 0.309 e. The Bertz CT molecular complexity index is 161. The van der Waals surface area contributed by atoms with E-state index in [9.17, 15) is 9.90 Å². The third-order valence-corrected chi connectivity index (χ3v) is 2.06. The Morgan fingerprint density at radius 2 is 2.14 bits per heavy atom. The maximum atomic E-state index is 11.0. The molecule has 4 nitrogen and oxygen atoms in total. The summed E-state index contributed by atoms with van der Waals surface area (Å²) in [5.41, 5.74) is 0. The molecule has 0 aliphatic heterocycles. The third-order valence-electron chi connectivity index (χ3n) is 2.06. The lowest BCUT2D eigenvalue weighted by molar-refractivity contribution is -0.144. The Labute approximate surface area is 85.6 Å². The van der Waals surface area contributed by atoms with Crippen LogP contribution in [0, 0.1) is 5.92 Å². The van der Waals surface area contributed by atoms with Crippen LogP contribution in [-0.4, -0.2) is 37.4 Å². The number of hydrogen-bond donors (Lipinski definition) is 2. The number of carbonyl (C=O) groups excluding carboxylic acids is 1. The van der Waals surface area contributed by atoms with Crippen molar-refractivity contribution >= 4 is 5.97 Å². The molecule has 0 amide bonds. The van der Waals surface area contributed by atoms with Gasteiger partial charge in [-0.05, 0) is 6.42 Å². The van der Waals surface area contributed by atoms with E-state index in [1.54, 1.807) is 6.92 Å². The van der Waals surface area contributed by atoms with Gasteiger partial charge < -0.3 is 15.2 Å². The van der Waals surface area contributed by atoms with Gasteiger partial charge >= 0.3 is 5.97 Å². The molecule has 0 aromatic heterocycles. The SMILES string of the molecule is CCCC(O)CNCC(C)C(=O)OC. The van der Waals surface area contributed by atoms with Gasteiger partial charge in [0.25, 0.3) is 0 Å². The molecule has 14 heavy (non-hydrogen) atoms. The van der Waals surface area contributed by atoms with Gasteiger partial charge in [-0.1, -0.05) is 20.3 Å². The fourth-order valence-electron chi connectivity index (χ4n) is 1.19. The van der Waals surface area contributed by atoms with Crippen molar-refractivity contribution in [2.24, 2.45) is 5.92 Å². The van der Waals surface area contributed by atoms with Crippen LogP contribution >= 0.6 is 0 Å². The summed E-state index contributed by atoms with van der Waals surface area (Å²) in [7, 11) is 1.38. The molecule has 2 unspecified atom stereocenters. The number of nitrogens with one attached hydrogen (secondary N) is 1. The van der Waals surface area contributed by atoms with Crippen LogP contribution in [0.4, 0.5) is 0 Å². The number of aliphatic hydroxyl groups is 1. The number of rotatable bonds is 7. The van der Waals surface area contributed by atoms with Gasteiger partial charge in [-0.3, -0.25) is 4.79 Å². The highest BCUT2D eigenvalue weighted by Gasteiger charge is 2.12. The predicted molar refractivity (Wildman–Crippen MR) is 55.0 cm³/mol. The normalized spacial score (nSPS) is 14.9. The fourth-order valence-corrected chi connectivity index (χ4v) is 1.19. The molecule has 0 radical (unpaired) electrons. The molecule has 0 aliphatic carbocycles. The van der Waals surface area contributed by atoms with Crippen LogP contribution in [0.5, 0.6) is 0 Å². The van der Waals surface area contributed by atoms with Crippen molar-refractivity contribution in [1.29, 1.82) is 0 Å². The molecule has 0 saturated heterocycles. The summed E-state index contributed by atoms with van der Waals surface area (Å²) < 4.78 is 4.58. The van der Waals surface area contributed by atoms with Gasteiger partial charge in [0.2, 0.25) is 0 Å². The van der Waals surface area contributed by atoms with Crippen molar-refractivity contribution in [3.63, 3.8) is 0 Å². The maximum absolute atomic E-state index is 11.0. The first-order valence-electron chi connectivity index (χ1n) is 5.08. The van der Waals surface area contributed by atoms with Crippen LogP contribution in [0.3, 0.4) is 0 Å². The van der Waals surface area contributed by atoms with Crippen molar-refractivity contribution in [2.75, 3.05) is 20.2 Å². The minimum Gasteiger partial charge on any atom is -0.469 e. The molecule has 84 valence electrons. The van der Waals surface area contributed by atoms with Gasteiger partial charge in [0, 0.05) is 13.1 Å². The van der Waals surface area contributed by atoms with Crippen molar-refractivity contribution in [1.82, 2.24) is 5.32 Å². The molecule has 2 N–H and O–H groups in total. The molecule has 0 rings (SSSR count). The first-order valence-corrected chi connectivity index (χ1v) is 5.08. The van der Waals surface area contributed by atoms with Gasteiger partial charge in [-0.2, -0.15) is 0 Å². The quantitative estimate of drug-likeness (QED) is 0.593. The molecular weight excluding hydrogens is 182 g/mol. The highest BCUT2D eigenvalue weighted by molar-refractivity contribution is 5.71. The topological polar surface area (TPSA) is 58.6 Å². The smallest absolute Gasteiger partial charge is 0.309 e. The summed E-state index contributed by atoms with van der Waals surface area (Å²) >= 11 is 0. The molecular formula is C10H21NO3. The van der Waals surface area contributed by atoms with Gasteiger partial charge in [-0.25, -0.2) is 0 Å². The molecule has 0 aliphatic rings. The van der Waals surface area contributed by atoms with E-state index in [0.717, 1.165) is 12.8 Å². The fraction of sp³-hybridized carbons (Fsp3) is 0.900. The average molecular weight is 203 g/mol. The molecule has 0 fully saturated rings. The van der Waals surface area contributed by atoms with Crippen LogP contribution in [0.25, 0.3) is 0 Å². The van der Waals surface area contributed by atoms with Crippen molar-refractivity contribution in [2.45, 2.75) is 32.8 Å². The van der Waals surface area contributed by atoms with Crippen molar-refractivity contribution < 1.29 is 14.6 Å². The molecule has 0 bridgehead atoms. The van der Waals surface area contributed by atoms with E-state index in [2.05, 4.69) is 10.1 Å². The minimum absolute atomic E-state index is 0.158. The number of carbonyl (C=O) groups is 1. The zero-order valence-electron chi connectivity index (χ0n) is 9.25. The monoisotopic (exact) mass is 203 g/mol. The second-order valence-electron chi connectivity index (χ2n) is 3.52. The largest absolute Gasteiger partial charge is 0.469 e. The Morgan fingerprint density at radius 3 is 2.64 bits per heavy atom. The Balaban J connectivity index is 3.48. The first kappa shape index (κ1) is 13.4. The van der Waals surface area contributed by atoms with E-state index in [4.69, 9.17) is 0 Å². The van der Waals surface area contributed by atoms with E-state index in [0.29, 0.717) is 13.1 Å². The van der Waals surface area contributed by atoms with Gasteiger partial charge in [-0.15, -0.1) is 0 Å². The summed E-state index contributed by atoms with van der Waals surface area (Å²) in [6.45, 7) is 4.91. The summed E-state index contributed by atoms with van der Waals surface area (Å²) in [5.74, 6) is -0.378. The highest BCUT2D eigenvalue weighted by Crippen LogP contribution is 1.97. The number of aliphatic hydroxyl groups excluding tert-OH is 1. The molecule has 0 aromatic rings. The lowest BCUT2D eigenvalue weighted by atomic mass is 10.1. The van der Waals surface area contributed by atoms with Crippen molar-refractivity contribution in [3.05, 3.63) is 0 Å². The predicted octanol–water partition coefficient (Wildman–Crippen LogP) is 0.546. The lowest BCUT2D eigenvalue weighted by Crippen LogP contribution is -2.33. The summed E-state index contributed by atoms with van der Waals surface area (Å²) in [4.78, 5) is 11.0. The van der Waals surface area contributed by atoms with E-state index >= 15 is 0 Å². The summed E-state index contributed by atoms with van der Waals surface area (Å²) in [6, 6.07) is 0. The molecule has 4 heteroatoms. The first-order chi connectivity index (χ1) is 6.61. The van der Waals surface area contributed by atoms with Gasteiger partial charge in [0.1, 0.15) is 0 Å². The second-order valence-corrected chi connectivity index (χ2v) is 3.52. The standard InChI is InChI=1S/C10H21NO3/c1-4-5-9(12)7-11-6-8(2)10(13)14-3/h8-9,11-12H,4-7H2,1-3H3. The van der Waals surface area contributed by atoms with Gasteiger partial charge in [0.15, 0.2) is 0 Å². The highest BCUT2D eigenvalue weighted by atomic mass is 16.5. The lowest BCUT2D eigenvalue weighted by Gasteiger charge is -2.13. The molecule has 0 saturated carbocycles. The second kappa shape index (κ2) is 7.76. The number of esters is 1. The third kappa shape index (κ3) is 5.94. The van der Waals surface area contributed by atoms with Crippen molar-refractivity contribution in [3.8, 4) is 0 Å². The van der Waals surface area contributed by atoms with Crippen LogP contribution < -0.4 is 5.32 Å². The average Bonchev–Trinajstić information content (AvgIpc) is 2.16. The zero-order valence-corrected chi connectivity index (χ0v) is 9.25.